The topological polar surface area (TPSA) is 86.9 Å². The fourth-order valence-corrected chi connectivity index (χ4v) is 4.41. The number of aromatic amines is 1. The molecule has 3 aromatic rings. The van der Waals surface area contributed by atoms with Crippen molar-refractivity contribution in [3.63, 3.8) is 0 Å². The van der Waals surface area contributed by atoms with Crippen molar-refractivity contribution < 1.29 is 9.59 Å². The van der Waals surface area contributed by atoms with Crippen LogP contribution in [0.1, 0.15) is 32.1 Å². The predicted octanol–water partition coefficient (Wildman–Crippen LogP) is 3.88. The van der Waals surface area contributed by atoms with Crippen molar-refractivity contribution in [3.8, 4) is 0 Å². The molecule has 0 saturated carbocycles. The van der Waals surface area contributed by atoms with Crippen LogP contribution in [0, 0.1) is 5.92 Å². The number of hydrogen-bond donors (Lipinski definition) is 3. The molecule has 1 aromatic heterocycles. The highest BCUT2D eigenvalue weighted by molar-refractivity contribution is 8.01. The van der Waals surface area contributed by atoms with E-state index in [0.29, 0.717) is 0 Å². The lowest BCUT2D eigenvalue weighted by molar-refractivity contribution is -0.124. The Balaban J connectivity index is 1.47. The molecular formula is C21H22N4O2S. The Labute approximate surface area is 167 Å². The Bertz CT molecular complexity index is 997. The summed E-state index contributed by atoms with van der Waals surface area (Å²) in [5.41, 5.74) is 2.61. The molecular weight excluding hydrogens is 372 g/mol. The van der Waals surface area contributed by atoms with Gasteiger partial charge in [0.2, 0.25) is 11.8 Å². The van der Waals surface area contributed by atoms with Crippen LogP contribution < -0.4 is 10.6 Å². The number of anilines is 1. The standard InChI is InChI=1S/C21H22N4O2S/c1-12(2)19(20-22-13-7-3-4-8-14(13)23-20)25-18(26)11-17-21(27)24-15-9-5-6-10-16(15)28-17/h3-10,12,17,19H,11H2,1-2H3,(H,22,23)(H,24,27)(H,25,26). The van der Waals surface area contributed by atoms with Crippen molar-refractivity contribution in [3.05, 3.63) is 54.4 Å². The van der Waals surface area contributed by atoms with Crippen LogP contribution in [0.2, 0.25) is 0 Å². The van der Waals surface area contributed by atoms with Gasteiger partial charge in [-0.1, -0.05) is 38.1 Å². The smallest absolute Gasteiger partial charge is 0.238 e. The molecule has 7 heteroatoms. The molecule has 28 heavy (non-hydrogen) atoms. The van der Waals surface area contributed by atoms with E-state index >= 15 is 0 Å². The van der Waals surface area contributed by atoms with Gasteiger partial charge in [0, 0.05) is 11.3 Å². The van der Waals surface area contributed by atoms with E-state index in [9.17, 15) is 9.59 Å². The average Bonchev–Trinajstić information content (AvgIpc) is 3.10. The van der Waals surface area contributed by atoms with E-state index < -0.39 is 5.25 Å². The fraction of sp³-hybridized carbons (Fsp3) is 0.286. The van der Waals surface area contributed by atoms with Crippen LogP contribution in [-0.2, 0) is 9.59 Å². The number of nitrogens with one attached hydrogen (secondary N) is 3. The lowest BCUT2D eigenvalue weighted by Crippen LogP contribution is -2.38. The Morgan fingerprint density at radius 3 is 2.71 bits per heavy atom. The molecule has 0 bridgehead atoms. The quantitative estimate of drug-likeness (QED) is 0.613. The van der Waals surface area contributed by atoms with Crippen molar-refractivity contribution in [1.82, 2.24) is 15.3 Å². The number of fused-ring (bicyclic) bond motifs is 2. The first-order chi connectivity index (χ1) is 13.5. The second-order valence-electron chi connectivity index (χ2n) is 7.22. The van der Waals surface area contributed by atoms with Crippen molar-refractivity contribution in [2.45, 2.75) is 36.5 Å². The van der Waals surface area contributed by atoms with Gasteiger partial charge in [-0.25, -0.2) is 4.98 Å². The molecule has 4 rings (SSSR count). The number of amides is 2. The molecule has 3 N–H and O–H groups in total. The van der Waals surface area contributed by atoms with Gasteiger partial charge in [0.05, 0.1) is 28.0 Å². The molecule has 0 aliphatic carbocycles. The van der Waals surface area contributed by atoms with Gasteiger partial charge in [0.1, 0.15) is 5.82 Å². The van der Waals surface area contributed by atoms with Crippen LogP contribution in [0.25, 0.3) is 11.0 Å². The SMILES string of the molecule is CC(C)C(NC(=O)CC1Sc2ccccc2NC1=O)c1nc2ccccc2[nH]1. The summed E-state index contributed by atoms with van der Waals surface area (Å²) in [4.78, 5) is 34.0. The Kier molecular flexibility index (Phi) is 5.09. The summed E-state index contributed by atoms with van der Waals surface area (Å²) in [6.07, 6.45) is 0.119. The van der Waals surface area contributed by atoms with E-state index in [1.165, 1.54) is 11.8 Å². The van der Waals surface area contributed by atoms with Gasteiger partial charge in [-0.05, 0) is 30.2 Å². The monoisotopic (exact) mass is 394 g/mol. The third-order valence-corrected chi connectivity index (χ3v) is 6.04. The molecule has 144 valence electrons. The number of aromatic nitrogens is 2. The minimum atomic E-state index is -0.446. The number of carbonyl (C=O) groups is 2. The van der Waals surface area contributed by atoms with E-state index in [-0.39, 0.29) is 30.2 Å². The molecule has 0 fully saturated rings. The lowest BCUT2D eigenvalue weighted by Gasteiger charge is -2.25. The molecule has 0 radical (unpaired) electrons. The minimum absolute atomic E-state index is 0.119. The molecule has 2 heterocycles. The highest BCUT2D eigenvalue weighted by Crippen LogP contribution is 2.36. The summed E-state index contributed by atoms with van der Waals surface area (Å²) >= 11 is 1.43. The number of benzene rings is 2. The summed E-state index contributed by atoms with van der Waals surface area (Å²) in [7, 11) is 0. The zero-order valence-electron chi connectivity index (χ0n) is 15.7. The molecule has 2 aromatic carbocycles. The highest BCUT2D eigenvalue weighted by Gasteiger charge is 2.30. The minimum Gasteiger partial charge on any atom is -0.346 e. The number of hydrogen-bond acceptors (Lipinski definition) is 4. The van der Waals surface area contributed by atoms with Gasteiger partial charge in [-0.3, -0.25) is 9.59 Å². The summed E-state index contributed by atoms with van der Waals surface area (Å²) in [5, 5.41) is 5.50. The van der Waals surface area contributed by atoms with Crippen molar-refractivity contribution >= 4 is 40.3 Å². The van der Waals surface area contributed by atoms with Crippen LogP contribution in [0.3, 0.4) is 0 Å². The molecule has 1 aliphatic rings. The van der Waals surface area contributed by atoms with Gasteiger partial charge < -0.3 is 15.6 Å². The van der Waals surface area contributed by atoms with E-state index in [1.807, 2.05) is 62.4 Å². The van der Waals surface area contributed by atoms with Gasteiger partial charge in [-0.15, -0.1) is 11.8 Å². The predicted molar refractivity (Wildman–Crippen MR) is 111 cm³/mol. The van der Waals surface area contributed by atoms with Crippen molar-refractivity contribution in [2.24, 2.45) is 5.92 Å². The Hall–Kier alpha value is -2.80. The van der Waals surface area contributed by atoms with E-state index in [2.05, 4.69) is 20.6 Å². The molecule has 2 atom stereocenters. The molecule has 2 amide bonds. The number of rotatable bonds is 5. The van der Waals surface area contributed by atoms with Gasteiger partial charge in [-0.2, -0.15) is 0 Å². The summed E-state index contributed by atoms with van der Waals surface area (Å²) in [5.74, 6) is 0.587. The maximum absolute atomic E-state index is 12.7. The maximum atomic E-state index is 12.7. The third-order valence-electron chi connectivity index (χ3n) is 4.76. The van der Waals surface area contributed by atoms with E-state index in [1.54, 1.807) is 0 Å². The summed E-state index contributed by atoms with van der Waals surface area (Å²) < 4.78 is 0. The largest absolute Gasteiger partial charge is 0.346 e. The summed E-state index contributed by atoms with van der Waals surface area (Å²) in [6, 6.07) is 15.2. The Morgan fingerprint density at radius 2 is 1.93 bits per heavy atom. The van der Waals surface area contributed by atoms with E-state index in [4.69, 9.17) is 0 Å². The third kappa shape index (κ3) is 3.75. The molecule has 6 nitrogen and oxygen atoms in total. The normalized spacial score (nSPS) is 17.2. The number of H-pyrrole nitrogens is 1. The van der Waals surface area contributed by atoms with Crippen LogP contribution in [0.5, 0.6) is 0 Å². The molecule has 0 spiro atoms. The Morgan fingerprint density at radius 1 is 1.18 bits per heavy atom. The maximum Gasteiger partial charge on any atom is 0.238 e. The molecule has 2 unspecified atom stereocenters. The first-order valence-corrected chi connectivity index (χ1v) is 10.2. The van der Waals surface area contributed by atoms with Crippen LogP contribution in [0.15, 0.2) is 53.4 Å². The molecule has 0 saturated heterocycles. The van der Waals surface area contributed by atoms with Crippen LogP contribution >= 0.6 is 11.8 Å². The first-order valence-electron chi connectivity index (χ1n) is 9.32. The molecule has 1 aliphatic heterocycles. The summed E-state index contributed by atoms with van der Waals surface area (Å²) in [6.45, 7) is 4.08. The van der Waals surface area contributed by atoms with Gasteiger partial charge >= 0.3 is 0 Å². The van der Waals surface area contributed by atoms with Crippen molar-refractivity contribution in [2.75, 3.05) is 5.32 Å². The zero-order chi connectivity index (χ0) is 19.7. The number of nitrogens with zero attached hydrogens (tertiary/aromatic N) is 1. The number of thioether (sulfide) groups is 1. The number of para-hydroxylation sites is 3. The second kappa shape index (κ2) is 7.67. The number of carbonyl (C=O) groups excluding carboxylic acids is 2. The second-order valence-corrected chi connectivity index (χ2v) is 8.47. The van der Waals surface area contributed by atoms with E-state index in [0.717, 1.165) is 27.4 Å². The van der Waals surface area contributed by atoms with Crippen LogP contribution in [-0.4, -0.2) is 27.0 Å². The average molecular weight is 395 g/mol. The fourth-order valence-electron chi connectivity index (χ4n) is 3.30. The zero-order valence-corrected chi connectivity index (χ0v) is 16.5. The van der Waals surface area contributed by atoms with Gasteiger partial charge in [0.15, 0.2) is 0 Å². The number of imidazole rings is 1. The first kappa shape index (κ1) is 18.6. The lowest BCUT2D eigenvalue weighted by atomic mass is 10.0. The highest BCUT2D eigenvalue weighted by atomic mass is 32.2. The van der Waals surface area contributed by atoms with Crippen molar-refractivity contribution in [1.29, 1.82) is 0 Å². The van der Waals surface area contributed by atoms with Crippen LogP contribution in [0.4, 0.5) is 5.69 Å². The van der Waals surface area contributed by atoms with Gasteiger partial charge in [0.25, 0.3) is 0 Å².